The van der Waals surface area contributed by atoms with Gasteiger partial charge in [0.1, 0.15) is 0 Å². The summed E-state index contributed by atoms with van der Waals surface area (Å²) in [5.41, 5.74) is 0.345. The predicted octanol–water partition coefficient (Wildman–Crippen LogP) is 3.37. The van der Waals surface area contributed by atoms with Crippen molar-refractivity contribution >= 4 is 0 Å². The van der Waals surface area contributed by atoms with Crippen molar-refractivity contribution in [3.8, 4) is 0 Å². The Morgan fingerprint density at radius 3 is 1.79 bits per heavy atom. The average molecular weight is 199 g/mol. The maximum Gasteiger partial charge on any atom is 0.0737 e. The van der Waals surface area contributed by atoms with Crippen molar-refractivity contribution in [2.24, 2.45) is 0 Å². The van der Waals surface area contributed by atoms with Gasteiger partial charge in [0.25, 0.3) is 0 Å². The molecular weight excluding hydrogens is 174 g/mol. The summed E-state index contributed by atoms with van der Waals surface area (Å²) in [5, 5.41) is 2.22. The fourth-order valence-corrected chi connectivity index (χ4v) is 2.47. The van der Waals surface area contributed by atoms with Gasteiger partial charge in [0.05, 0.1) is 6.10 Å². The highest BCUT2D eigenvalue weighted by Crippen LogP contribution is 2.38. The third kappa shape index (κ3) is 2.48. The summed E-state index contributed by atoms with van der Waals surface area (Å²) in [5.74, 6) is 0. The van der Waals surface area contributed by atoms with Crippen LogP contribution in [0, 0.1) is 0 Å². The minimum Gasteiger partial charge on any atom is -0.295 e. The van der Waals surface area contributed by atoms with Crippen molar-refractivity contribution in [1.29, 1.82) is 0 Å². The van der Waals surface area contributed by atoms with Crippen LogP contribution in [0.5, 0.6) is 0 Å². The Labute approximate surface area is 88.6 Å². The molecule has 0 bridgehead atoms. The van der Waals surface area contributed by atoms with Gasteiger partial charge < -0.3 is 0 Å². The van der Waals surface area contributed by atoms with Crippen LogP contribution in [0.3, 0.4) is 0 Å². The van der Waals surface area contributed by atoms with Crippen LogP contribution in [0.4, 0.5) is 0 Å². The van der Waals surface area contributed by atoms with Crippen molar-refractivity contribution in [2.45, 2.75) is 78.0 Å². The smallest absolute Gasteiger partial charge is 0.0737 e. The van der Waals surface area contributed by atoms with E-state index in [1.165, 1.54) is 19.3 Å². The monoisotopic (exact) mass is 199 g/mol. The second-order valence-electron chi connectivity index (χ2n) is 5.93. The van der Waals surface area contributed by atoms with E-state index in [-0.39, 0.29) is 17.2 Å². The average Bonchev–Trinajstić information content (AvgIpc) is 1.96. The zero-order valence-electron chi connectivity index (χ0n) is 10.6. The van der Waals surface area contributed by atoms with E-state index in [1.54, 1.807) is 0 Å². The van der Waals surface area contributed by atoms with Crippen LogP contribution < -0.4 is 0 Å². The molecule has 0 spiro atoms. The Kier molecular flexibility index (Phi) is 3.27. The SMILES string of the molecule is CC(C)ON1C(C)(C)CCCC1(C)C. The Morgan fingerprint density at radius 1 is 1.00 bits per heavy atom. The highest BCUT2D eigenvalue weighted by molar-refractivity contribution is 4.92. The lowest BCUT2D eigenvalue weighted by atomic mass is 9.82. The fraction of sp³-hybridized carbons (Fsp3) is 1.00. The van der Waals surface area contributed by atoms with Crippen molar-refractivity contribution in [3.05, 3.63) is 0 Å². The normalized spacial score (nSPS) is 26.8. The number of hydrogen-bond acceptors (Lipinski definition) is 2. The van der Waals surface area contributed by atoms with E-state index >= 15 is 0 Å². The molecular formula is C12H25NO. The van der Waals surface area contributed by atoms with Crippen LogP contribution in [0.2, 0.25) is 0 Å². The first-order chi connectivity index (χ1) is 6.26. The van der Waals surface area contributed by atoms with Gasteiger partial charge in [-0.2, -0.15) is 5.06 Å². The molecule has 0 aromatic rings. The minimum absolute atomic E-state index is 0.173. The van der Waals surface area contributed by atoms with Crippen molar-refractivity contribution in [2.75, 3.05) is 0 Å². The first-order valence-electron chi connectivity index (χ1n) is 5.73. The van der Waals surface area contributed by atoms with Gasteiger partial charge in [0.2, 0.25) is 0 Å². The van der Waals surface area contributed by atoms with E-state index in [0.29, 0.717) is 0 Å². The molecule has 0 atom stereocenters. The maximum atomic E-state index is 5.96. The number of nitrogens with zero attached hydrogens (tertiary/aromatic N) is 1. The first kappa shape index (κ1) is 12.0. The Hall–Kier alpha value is -0.0800. The maximum absolute atomic E-state index is 5.96. The molecule has 1 saturated heterocycles. The summed E-state index contributed by atoms with van der Waals surface area (Å²) in [7, 11) is 0. The lowest BCUT2D eigenvalue weighted by Crippen LogP contribution is -2.58. The molecule has 84 valence electrons. The summed E-state index contributed by atoms with van der Waals surface area (Å²) < 4.78 is 0. The van der Waals surface area contributed by atoms with Crippen molar-refractivity contribution in [1.82, 2.24) is 5.06 Å². The minimum atomic E-state index is 0.173. The third-order valence-corrected chi connectivity index (χ3v) is 2.99. The van der Waals surface area contributed by atoms with Gasteiger partial charge in [0.15, 0.2) is 0 Å². The Balaban J connectivity index is 2.80. The van der Waals surface area contributed by atoms with E-state index < -0.39 is 0 Å². The van der Waals surface area contributed by atoms with Crippen LogP contribution in [-0.2, 0) is 4.84 Å². The zero-order valence-corrected chi connectivity index (χ0v) is 10.6. The molecule has 0 aliphatic carbocycles. The topological polar surface area (TPSA) is 12.5 Å². The molecule has 0 aromatic heterocycles. The van der Waals surface area contributed by atoms with Gasteiger partial charge in [0, 0.05) is 11.1 Å². The Morgan fingerprint density at radius 2 is 1.43 bits per heavy atom. The van der Waals surface area contributed by atoms with Gasteiger partial charge in [-0.25, -0.2) is 0 Å². The van der Waals surface area contributed by atoms with E-state index in [2.05, 4.69) is 46.6 Å². The van der Waals surface area contributed by atoms with Crippen LogP contribution in [-0.4, -0.2) is 22.2 Å². The highest BCUT2D eigenvalue weighted by Gasteiger charge is 2.42. The summed E-state index contributed by atoms with van der Waals surface area (Å²) in [6, 6.07) is 0. The molecule has 0 unspecified atom stereocenters. The molecule has 2 nitrogen and oxygen atoms in total. The van der Waals surface area contributed by atoms with Gasteiger partial charge in [-0.15, -0.1) is 0 Å². The second kappa shape index (κ2) is 3.82. The number of rotatable bonds is 2. The van der Waals surface area contributed by atoms with E-state index in [4.69, 9.17) is 4.84 Å². The van der Waals surface area contributed by atoms with E-state index in [1.807, 2.05) is 0 Å². The lowest BCUT2D eigenvalue weighted by molar-refractivity contribution is -0.298. The molecule has 0 saturated carbocycles. The first-order valence-corrected chi connectivity index (χ1v) is 5.73. The largest absolute Gasteiger partial charge is 0.295 e. The molecule has 0 amide bonds. The highest BCUT2D eigenvalue weighted by atomic mass is 16.7. The molecule has 0 aromatic carbocycles. The van der Waals surface area contributed by atoms with Gasteiger partial charge >= 0.3 is 0 Å². The predicted molar refractivity (Wildman–Crippen MR) is 60.1 cm³/mol. The molecule has 1 heterocycles. The number of piperidine rings is 1. The molecule has 0 radical (unpaired) electrons. The summed E-state index contributed by atoms with van der Waals surface area (Å²) in [6.45, 7) is 13.3. The van der Waals surface area contributed by atoms with Crippen LogP contribution in [0.25, 0.3) is 0 Å². The summed E-state index contributed by atoms with van der Waals surface area (Å²) in [6.07, 6.45) is 4.02. The standard InChI is InChI=1S/C12H25NO/c1-10(2)14-13-11(3,4)8-7-9-12(13,5)6/h10H,7-9H2,1-6H3. The molecule has 1 aliphatic heterocycles. The third-order valence-electron chi connectivity index (χ3n) is 2.99. The van der Waals surface area contributed by atoms with Gasteiger partial charge in [-0.1, -0.05) is 0 Å². The lowest BCUT2D eigenvalue weighted by Gasteiger charge is -2.52. The molecule has 0 N–H and O–H groups in total. The summed E-state index contributed by atoms with van der Waals surface area (Å²) >= 11 is 0. The quantitative estimate of drug-likeness (QED) is 0.676. The van der Waals surface area contributed by atoms with Crippen molar-refractivity contribution in [3.63, 3.8) is 0 Å². The summed E-state index contributed by atoms with van der Waals surface area (Å²) in [4.78, 5) is 5.96. The molecule has 1 fully saturated rings. The van der Waals surface area contributed by atoms with Gasteiger partial charge in [-0.05, 0) is 60.8 Å². The number of hydrogen-bond donors (Lipinski definition) is 0. The zero-order chi connectivity index (χ0) is 11.0. The van der Waals surface area contributed by atoms with Gasteiger partial charge in [-0.3, -0.25) is 4.84 Å². The molecule has 1 aliphatic rings. The van der Waals surface area contributed by atoms with Crippen LogP contribution >= 0.6 is 0 Å². The molecule has 2 heteroatoms. The number of hydroxylamine groups is 2. The molecule has 14 heavy (non-hydrogen) atoms. The van der Waals surface area contributed by atoms with E-state index in [9.17, 15) is 0 Å². The second-order valence-corrected chi connectivity index (χ2v) is 5.93. The van der Waals surface area contributed by atoms with Crippen LogP contribution in [0.1, 0.15) is 60.8 Å². The fourth-order valence-electron chi connectivity index (χ4n) is 2.47. The van der Waals surface area contributed by atoms with E-state index in [0.717, 1.165) is 0 Å². The molecule has 1 rings (SSSR count). The Bertz CT molecular complexity index is 180. The van der Waals surface area contributed by atoms with Crippen LogP contribution in [0.15, 0.2) is 0 Å². The van der Waals surface area contributed by atoms with Crippen molar-refractivity contribution < 1.29 is 4.84 Å².